The van der Waals surface area contributed by atoms with Gasteiger partial charge in [0.15, 0.2) is 5.82 Å². The Morgan fingerprint density at radius 3 is 2.53 bits per heavy atom. The van der Waals surface area contributed by atoms with Crippen molar-refractivity contribution in [3.63, 3.8) is 0 Å². The molecular weight excluding hydrogens is 309 g/mol. The zero-order valence-corrected chi connectivity index (χ0v) is 12.6. The van der Waals surface area contributed by atoms with Crippen molar-refractivity contribution in [2.45, 2.75) is 25.5 Å². The normalized spacial score (nSPS) is 11.8. The number of hydrogen-bond donors (Lipinski definition) is 0. The number of benzene rings is 1. The average molecular weight is 320 g/mol. The molecule has 0 spiro atoms. The van der Waals surface area contributed by atoms with Crippen LogP contribution >= 0.6 is 22.3 Å². The highest BCUT2D eigenvalue weighted by molar-refractivity contribution is 8.13. The highest BCUT2D eigenvalue weighted by Crippen LogP contribution is 2.27. The second-order valence-corrected chi connectivity index (χ2v) is 6.84. The van der Waals surface area contributed by atoms with Crippen LogP contribution in [0.3, 0.4) is 0 Å². The smallest absolute Gasteiger partial charge is 0.296 e. The summed E-state index contributed by atoms with van der Waals surface area (Å²) in [5.74, 6) is 0.455. The Balaban J connectivity index is 2.67. The average Bonchev–Trinajstić information content (AvgIpc) is 2.72. The van der Waals surface area contributed by atoms with E-state index in [-0.39, 0.29) is 5.16 Å². The summed E-state index contributed by atoms with van der Waals surface area (Å²) in [5, 5.41) is 7.94. The van der Waals surface area contributed by atoms with Gasteiger partial charge in [0.25, 0.3) is 14.2 Å². The molecule has 1 aromatic heterocycles. The summed E-state index contributed by atoms with van der Waals surface area (Å²) in [6.45, 7) is 4.06. The van der Waals surface area contributed by atoms with E-state index >= 15 is 0 Å². The molecule has 0 radical (unpaired) electrons. The van der Waals surface area contributed by atoms with Crippen LogP contribution in [-0.4, -0.2) is 23.2 Å². The summed E-state index contributed by atoms with van der Waals surface area (Å²) in [6, 6.07) is 5.27. The van der Waals surface area contributed by atoms with Gasteiger partial charge in [-0.25, -0.2) is 8.42 Å². The van der Waals surface area contributed by atoms with E-state index < -0.39 is 9.05 Å². The molecule has 0 amide bonds. The molecule has 0 aliphatic rings. The Bertz CT molecular complexity index is 726. The lowest BCUT2D eigenvalue weighted by atomic mass is 10.1. The molecule has 0 aliphatic heterocycles. The summed E-state index contributed by atoms with van der Waals surface area (Å²) in [7, 11) is 1.42. The zero-order valence-electron chi connectivity index (χ0n) is 10.3. The molecule has 102 valence electrons. The van der Waals surface area contributed by atoms with Crippen LogP contribution in [0.4, 0.5) is 0 Å². The lowest BCUT2D eigenvalue weighted by Crippen LogP contribution is -2.06. The number of nitrogens with zero attached hydrogens (tertiary/aromatic N) is 3. The summed E-state index contributed by atoms with van der Waals surface area (Å²) in [4.78, 5) is 0. The molecule has 0 aliphatic carbocycles. The molecule has 0 fully saturated rings. The molecule has 0 atom stereocenters. The molecule has 2 aromatic rings. The number of halogens is 2. The molecule has 5 nitrogen and oxygen atoms in total. The first-order valence-electron chi connectivity index (χ1n) is 5.49. The Morgan fingerprint density at radius 2 is 2.00 bits per heavy atom. The molecular formula is C11H11Cl2N3O2S. The first kappa shape index (κ1) is 14.3. The number of aryl methyl sites for hydroxylation is 1. The first-order chi connectivity index (χ1) is 8.84. The standard InChI is InChI=1S/C11H11Cl2N3O2S/c1-3-16-10(14-15-11(16)19(13,17)18)9-5-4-8(12)6-7(9)2/h4-6H,3H2,1-2H3. The van der Waals surface area contributed by atoms with Gasteiger partial charge in [-0.05, 0) is 37.6 Å². The predicted octanol–water partition coefficient (Wildman–Crippen LogP) is 2.85. The largest absolute Gasteiger partial charge is 0.297 e. The van der Waals surface area contributed by atoms with Gasteiger partial charge < -0.3 is 0 Å². The fourth-order valence-electron chi connectivity index (χ4n) is 1.83. The van der Waals surface area contributed by atoms with Crippen molar-refractivity contribution < 1.29 is 8.42 Å². The summed E-state index contributed by atoms with van der Waals surface area (Å²) < 4.78 is 24.3. The maximum absolute atomic E-state index is 11.4. The Morgan fingerprint density at radius 1 is 1.32 bits per heavy atom. The lowest BCUT2D eigenvalue weighted by Gasteiger charge is -2.08. The molecule has 0 bridgehead atoms. The Kier molecular flexibility index (Phi) is 3.85. The van der Waals surface area contributed by atoms with E-state index in [9.17, 15) is 8.42 Å². The first-order valence-corrected chi connectivity index (χ1v) is 8.17. The van der Waals surface area contributed by atoms with Crippen LogP contribution in [0, 0.1) is 6.92 Å². The summed E-state index contributed by atoms with van der Waals surface area (Å²) >= 11 is 5.90. The van der Waals surface area contributed by atoms with Gasteiger partial charge in [-0.15, -0.1) is 10.2 Å². The van der Waals surface area contributed by atoms with E-state index in [0.29, 0.717) is 17.4 Å². The van der Waals surface area contributed by atoms with Gasteiger partial charge in [-0.3, -0.25) is 4.57 Å². The molecule has 0 unspecified atom stereocenters. The molecule has 1 aromatic carbocycles. The molecule has 0 saturated heterocycles. The van der Waals surface area contributed by atoms with Gasteiger partial charge in [-0.1, -0.05) is 11.6 Å². The van der Waals surface area contributed by atoms with Crippen LogP contribution in [0.2, 0.25) is 5.02 Å². The molecule has 2 rings (SSSR count). The summed E-state index contributed by atoms with van der Waals surface area (Å²) in [6.07, 6.45) is 0. The Labute approximate surface area is 120 Å². The predicted molar refractivity (Wildman–Crippen MR) is 73.9 cm³/mol. The van der Waals surface area contributed by atoms with Crippen LogP contribution in [0.15, 0.2) is 23.4 Å². The molecule has 0 saturated carbocycles. The van der Waals surface area contributed by atoms with Crippen LogP contribution in [0.25, 0.3) is 11.4 Å². The number of rotatable bonds is 3. The zero-order chi connectivity index (χ0) is 14.2. The third-order valence-electron chi connectivity index (χ3n) is 2.68. The fourth-order valence-corrected chi connectivity index (χ4v) is 3.02. The van der Waals surface area contributed by atoms with Crippen molar-refractivity contribution in [1.29, 1.82) is 0 Å². The van der Waals surface area contributed by atoms with Crippen LogP contribution in [0.1, 0.15) is 12.5 Å². The van der Waals surface area contributed by atoms with Gasteiger partial charge >= 0.3 is 0 Å². The van der Waals surface area contributed by atoms with Gasteiger partial charge in [0.1, 0.15) is 0 Å². The van der Waals surface area contributed by atoms with Crippen molar-refractivity contribution in [3.8, 4) is 11.4 Å². The second-order valence-electron chi connectivity index (χ2n) is 3.95. The maximum Gasteiger partial charge on any atom is 0.296 e. The van der Waals surface area contributed by atoms with Crippen LogP contribution in [-0.2, 0) is 15.6 Å². The third-order valence-corrected chi connectivity index (χ3v) is 4.07. The Hall–Kier alpha value is -1.11. The topological polar surface area (TPSA) is 64.8 Å². The second kappa shape index (κ2) is 5.11. The maximum atomic E-state index is 11.4. The van der Waals surface area contributed by atoms with Crippen molar-refractivity contribution in [3.05, 3.63) is 28.8 Å². The minimum atomic E-state index is -3.92. The van der Waals surface area contributed by atoms with Gasteiger partial charge in [0.05, 0.1) is 0 Å². The van der Waals surface area contributed by atoms with E-state index in [1.165, 1.54) is 4.57 Å². The molecule has 8 heteroatoms. The van der Waals surface area contributed by atoms with Crippen molar-refractivity contribution in [2.24, 2.45) is 0 Å². The van der Waals surface area contributed by atoms with Crippen molar-refractivity contribution in [2.75, 3.05) is 0 Å². The highest BCUT2D eigenvalue weighted by atomic mass is 35.7. The molecule has 19 heavy (non-hydrogen) atoms. The SMILES string of the molecule is CCn1c(-c2ccc(Cl)cc2C)nnc1S(=O)(=O)Cl. The third kappa shape index (κ3) is 2.75. The quantitative estimate of drug-likeness (QED) is 0.816. The van der Waals surface area contributed by atoms with Crippen LogP contribution < -0.4 is 0 Å². The lowest BCUT2D eigenvalue weighted by molar-refractivity contribution is 0.582. The molecule has 0 N–H and O–H groups in total. The molecule has 1 heterocycles. The summed E-state index contributed by atoms with van der Waals surface area (Å²) in [5.41, 5.74) is 1.65. The van der Waals surface area contributed by atoms with E-state index in [2.05, 4.69) is 10.2 Å². The van der Waals surface area contributed by atoms with Gasteiger partial charge in [0.2, 0.25) is 0 Å². The monoisotopic (exact) mass is 319 g/mol. The minimum Gasteiger partial charge on any atom is -0.297 e. The van der Waals surface area contributed by atoms with Gasteiger partial charge in [0, 0.05) is 27.8 Å². The van der Waals surface area contributed by atoms with Crippen molar-refractivity contribution >= 4 is 31.3 Å². The van der Waals surface area contributed by atoms with E-state index in [1.807, 2.05) is 6.92 Å². The van der Waals surface area contributed by atoms with Crippen LogP contribution in [0.5, 0.6) is 0 Å². The van der Waals surface area contributed by atoms with Crippen molar-refractivity contribution in [1.82, 2.24) is 14.8 Å². The highest BCUT2D eigenvalue weighted by Gasteiger charge is 2.23. The number of hydrogen-bond acceptors (Lipinski definition) is 4. The fraction of sp³-hybridized carbons (Fsp3) is 0.273. The van der Waals surface area contributed by atoms with E-state index in [4.69, 9.17) is 22.3 Å². The number of aromatic nitrogens is 3. The minimum absolute atomic E-state index is 0.249. The van der Waals surface area contributed by atoms with Gasteiger partial charge in [-0.2, -0.15) is 0 Å². The van der Waals surface area contributed by atoms with E-state index in [0.717, 1.165) is 11.1 Å². The van der Waals surface area contributed by atoms with E-state index in [1.54, 1.807) is 25.1 Å².